The van der Waals surface area contributed by atoms with Crippen LogP contribution in [0.1, 0.15) is 45.7 Å². The number of methoxy groups -OCH3 is 1. The summed E-state index contributed by atoms with van der Waals surface area (Å²) >= 11 is 0. The van der Waals surface area contributed by atoms with E-state index in [1.54, 1.807) is 24.3 Å². The molecule has 2 unspecified atom stereocenters. The Morgan fingerprint density at radius 2 is 1.69 bits per heavy atom. The number of esters is 1. The Balaban J connectivity index is 1.36. The highest BCUT2D eigenvalue weighted by Crippen LogP contribution is 2.25. The molecule has 8 nitrogen and oxygen atoms in total. The monoisotopic (exact) mass is 486 g/mol. The molecule has 2 amide bonds. The smallest absolute Gasteiger partial charge is 0.338 e. The predicted molar refractivity (Wildman–Crippen MR) is 133 cm³/mol. The predicted octanol–water partition coefficient (Wildman–Crippen LogP) is 3.72. The SMILES string of the molecule is COc1cccc(C(=O)COC(=O)c2ccc(N3C(=O)CC(NC(C)c4ccccc4)C3=O)cc2)c1. The molecule has 2 atom stereocenters. The van der Waals surface area contributed by atoms with E-state index in [4.69, 9.17) is 9.47 Å². The molecule has 0 spiro atoms. The van der Waals surface area contributed by atoms with Crippen LogP contribution >= 0.6 is 0 Å². The average molecular weight is 487 g/mol. The van der Waals surface area contributed by atoms with Gasteiger partial charge in [0.1, 0.15) is 5.75 Å². The number of ketones is 1. The van der Waals surface area contributed by atoms with E-state index in [0.717, 1.165) is 10.5 Å². The van der Waals surface area contributed by atoms with Crippen molar-refractivity contribution in [2.24, 2.45) is 0 Å². The molecule has 1 N–H and O–H groups in total. The first-order valence-corrected chi connectivity index (χ1v) is 11.5. The molecule has 0 saturated carbocycles. The molecule has 1 aliphatic heterocycles. The van der Waals surface area contributed by atoms with E-state index in [1.165, 1.54) is 31.4 Å². The fraction of sp³-hybridized carbons (Fsp3) is 0.214. The fourth-order valence-corrected chi connectivity index (χ4v) is 4.01. The van der Waals surface area contributed by atoms with E-state index >= 15 is 0 Å². The number of benzene rings is 3. The van der Waals surface area contributed by atoms with Gasteiger partial charge in [-0.1, -0.05) is 42.5 Å². The van der Waals surface area contributed by atoms with E-state index in [2.05, 4.69) is 5.32 Å². The molecule has 184 valence electrons. The molecule has 0 aromatic heterocycles. The van der Waals surface area contributed by atoms with Gasteiger partial charge in [-0.3, -0.25) is 19.7 Å². The van der Waals surface area contributed by atoms with E-state index in [-0.39, 0.29) is 35.6 Å². The summed E-state index contributed by atoms with van der Waals surface area (Å²) < 4.78 is 10.2. The summed E-state index contributed by atoms with van der Waals surface area (Å²) in [6.45, 7) is 1.51. The molecule has 1 fully saturated rings. The first kappa shape index (κ1) is 24.8. The van der Waals surface area contributed by atoms with Gasteiger partial charge >= 0.3 is 5.97 Å². The van der Waals surface area contributed by atoms with Gasteiger partial charge < -0.3 is 9.47 Å². The van der Waals surface area contributed by atoms with E-state index < -0.39 is 18.6 Å². The first-order chi connectivity index (χ1) is 17.4. The van der Waals surface area contributed by atoms with Gasteiger partial charge in [0.05, 0.1) is 30.8 Å². The van der Waals surface area contributed by atoms with Gasteiger partial charge in [0.2, 0.25) is 5.91 Å². The number of carbonyl (C=O) groups is 4. The third-order valence-corrected chi connectivity index (χ3v) is 5.98. The Bertz CT molecular complexity index is 1270. The highest BCUT2D eigenvalue weighted by atomic mass is 16.5. The molecule has 0 bridgehead atoms. The largest absolute Gasteiger partial charge is 0.497 e. The van der Waals surface area contributed by atoms with Crippen molar-refractivity contribution < 1.29 is 28.7 Å². The zero-order valence-corrected chi connectivity index (χ0v) is 20.0. The first-order valence-electron chi connectivity index (χ1n) is 11.5. The number of amides is 2. The van der Waals surface area contributed by atoms with Crippen LogP contribution in [0.25, 0.3) is 0 Å². The third kappa shape index (κ3) is 5.50. The second-order valence-electron chi connectivity index (χ2n) is 8.40. The van der Waals surface area contributed by atoms with Crippen molar-refractivity contribution in [3.8, 4) is 5.75 Å². The maximum atomic E-state index is 13.0. The van der Waals surface area contributed by atoms with E-state index in [1.807, 2.05) is 37.3 Å². The number of Topliss-reactive ketones (excluding diaryl/α,β-unsaturated/α-hetero) is 1. The number of imide groups is 1. The van der Waals surface area contributed by atoms with E-state index in [9.17, 15) is 19.2 Å². The minimum absolute atomic E-state index is 0.0478. The normalized spacial score (nSPS) is 16.1. The number of hydrogen-bond acceptors (Lipinski definition) is 7. The molecule has 36 heavy (non-hydrogen) atoms. The van der Waals surface area contributed by atoms with Gasteiger partial charge in [0, 0.05) is 11.6 Å². The van der Waals surface area contributed by atoms with Crippen LogP contribution in [0.15, 0.2) is 78.9 Å². The van der Waals surface area contributed by atoms with Crippen LogP contribution in [0.5, 0.6) is 5.75 Å². The van der Waals surface area contributed by atoms with Gasteiger partial charge in [-0.15, -0.1) is 0 Å². The molecule has 0 aliphatic carbocycles. The lowest BCUT2D eigenvalue weighted by molar-refractivity contribution is -0.121. The maximum Gasteiger partial charge on any atom is 0.338 e. The molecule has 4 rings (SSSR count). The molecule has 1 saturated heterocycles. The van der Waals surface area contributed by atoms with Crippen LogP contribution < -0.4 is 15.0 Å². The van der Waals surface area contributed by atoms with Crippen molar-refractivity contribution in [2.45, 2.75) is 25.4 Å². The quantitative estimate of drug-likeness (QED) is 0.279. The van der Waals surface area contributed by atoms with Gasteiger partial charge in [-0.05, 0) is 48.9 Å². The lowest BCUT2D eigenvalue weighted by Gasteiger charge is -2.19. The minimum Gasteiger partial charge on any atom is -0.497 e. The number of rotatable bonds is 9. The fourth-order valence-electron chi connectivity index (χ4n) is 4.01. The molecule has 0 radical (unpaired) electrons. The van der Waals surface area contributed by atoms with Crippen LogP contribution in [0.2, 0.25) is 0 Å². The zero-order valence-electron chi connectivity index (χ0n) is 20.0. The van der Waals surface area contributed by atoms with Crippen LogP contribution in [0.4, 0.5) is 5.69 Å². The second-order valence-corrected chi connectivity index (χ2v) is 8.40. The lowest BCUT2D eigenvalue weighted by atomic mass is 10.1. The highest BCUT2D eigenvalue weighted by molar-refractivity contribution is 6.22. The van der Waals surface area contributed by atoms with Crippen molar-refractivity contribution >= 4 is 29.3 Å². The van der Waals surface area contributed by atoms with E-state index in [0.29, 0.717) is 17.0 Å². The molecule has 1 aliphatic rings. The van der Waals surface area contributed by atoms with Crippen molar-refractivity contribution in [3.05, 3.63) is 95.6 Å². The van der Waals surface area contributed by atoms with Crippen LogP contribution in [-0.2, 0) is 14.3 Å². The Morgan fingerprint density at radius 3 is 2.39 bits per heavy atom. The van der Waals surface area contributed by atoms with Crippen molar-refractivity contribution in [1.29, 1.82) is 0 Å². The van der Waals surface area contributed by atoms with Crippen molar-refractivity contribution in [2.75, 3.05) is 18.6 Å². The van der Waals surface area contributed by atoms with Gasteiger partial charge in [-0.25, -0.2) is 9.69 Å². The Hall–Kier alpha value is -4.30. The minimum atomic E-state index is -0.687. The summed E-state index contributed by atoms with van der Waals surface area (Å²) in [5.41, 5.74) is 1.95. The third-order valence-electron chi connectivity index (χ3n) is 5.98. The second kappa shape index (κ2) is 11.0. The van der Waals surface area contributed by atoms with Crippen LogP contribution in [0.3, 0.4) is 0 Å². The lowest BCUT2D eigenvalue weighted by Crippen LogP contribution is -2.40. The zero-order chi connectivity index (χ0) is 25.7. The van der Waals surface area contributed by atoms with Gasteiger partial charge in [0.15, 0.2) is 12.4 Å². The molecule has 8 heteroatoms. The van der Waals surface area contributed by atoms with Crippen LogP contribution in [0, 0.1) is 0 Å². The Labute approximate surface area is 208 Å². The van der Waals surface area contributed by atoms with Gasteiger partial charge in [-0.2, -0.15) is 0 Å². The van der Waals surface area contributed by atoms with Crippen molar-refractivity contribution in [1.82, 2.24) is 5.32 Å². The molecular weight excluding hydrogens is 460 g/mol. The van der Waals surface area contributed by atoms with Crippen molar-refractivity contribution in [3.63, 3.8) is 0 Å². The summed E-state index contributed by atoms with van der Waals surface area (Å²) in [5.74, 6) is -1.19. The maximum absolute atomic E-state index is 13.0. The summed E-state index contributed by atoms with van der Waals surface area (Å²) in [5, 5.41) is 3.23. The highest BCUT2D eigenvalue weighted by Gasteiger charge is 2.40. The molecule has 1 heterocycles. The topological polar surface area (TPSA) is 102 Å². The summed E-state index contributed by atoms with van der Waals surface area (Å²) in [7, 11) is 1.50. The number of anilines is 1. The summed E-state index contributed by atoms with van der Waals surface area (Å²) in [4.78, 5) is 51.4. The molecule has 3 aromatic carbocycles. The van der Waals surface area contributed by atoms with Crippen LogP contribution in [-0.4, -0.2) is 43.3 Å². The molecular formula is C28H26N2O6. The summed E-state index contributed by atoms with van der Waals surface area (Å²) in [6, 6.07) is 21.4. The summed E-state index contributed by atoms with van der Waals surface area (Å²) in [6.07, 6.45) is 0.0478. The number of nitrogens with one attached hydrogen (secondary N) is 1. The number of ether oxygens (including phenoxy) is 2. The Morgan fingerprint density at radius 1 is 0.972 bits per heavy atom. The average Bonchev–Trinajstić information content (AvgIpc) is 3.19. The number of nitrogens with zero attached hydrogens (tertiary/aromatic N) is 1. The Kier molecular flexibility index (Phi) is 7.56. The van der Waals surface area contributed by atoms with Gasteiger partial charge in [0.25, 0.3) is 5.91 Å². The number of hydrogen-bond donors (Lipinski definition) is 1. The standard InChI is InChI=1S/C28H26N2O6/c1-18(19-7-4-3-5-8-19)29-24-16-26(32)30(27(24)33)22-13-11-20(12-14-22)28(34)36-17-25(31)21-9-6-10-23(15-21)35-2/h3-15,18,24,29H,16-17H2,1-2H3. The number of carbonyl (C=O) groups excluding carboxylic acids is 4. The molecule has 3 aromatic rings.